The van der Waals surface area contributed by atoms with E-state index in [1.165, 1.54) is 36.8 Å². The predicted octanol–water partition coefficient (Wildman–Crippen LogP) is 2.57. The number of likely N-dealkylation sites (tertiary alicyclic amines) is 1. The highest BCUT2D eigenvalue weighted by atomic mass is 16.2. The standard InChI is InChI=1S/C21H31N3O/c1-23-16-18-9-3-2-8-17(18)14-19(23)15-22-20(25)21(10-4-5-11-21)24-12-6-7-13-24/h2-3,8-9,19H,4-7,10-16H2,1H3,(H,22,25). The molecule has 1 N–H and O–H groups in total. The minimum absolute atomic E-state index is 0.207. The monoisotopic (exact) mass is 341 g/mol. The van der Waals surface area contributed by atoms with E-state index in [0.29, 0.717) is 11.9 Å². The molecule has 0 aromatic heterocycles. The van der Waals surface area contributed by atoms with Crippen molar-refractivity contribution in [2.24, 2.45) is 0 Å². The quantitative estimate of drug-likeness (QED) is 0.914. The second-order valence-electron chi connectivity index (χ2n) is 8.18. The minimum atomic E-state index is -0.207. The summed E-state index contributed by atoms with van der Waals surface area (Å²) in [6, 6.07) is 9.10. The van der Waals surface area contributed by atoms with E-state index in [4.69, 9.17) is 0 Å². The molecule has 2 heterocycles. The molecule has 1 unspecified atom stereocenters. The lowest BCUT2D eigenvalue weighted by Gasteiger charge is -2.39. The van der Waals surface area contributed by atoms with Gasteiger partial charge in [0.2, 0.25) is 5.91 Å². The largest absolute Gasteiger partial charge is 0.353 e. The van der Waals surface area contributed by atoms with Crippen LogP contribution in [0.4, 0.5) is 0 Å². The highest BCUT2D eigenvalue weighted by molar-refractivity contribution is 5.86. The van der Waals surface area contributed by atoms with Gasteiger partial charge in [-0.1, -0.05) is 37.1 Å². The van der Waals surface area contributed by atoms with Gasteiger partial charge in [-0.3, -0.25) is 14.6 Å². The zero-order valence-electron chi connectivity index (χ0n) is 15.5. The molecule has 1 atom stereocenters. The first-order valence-corrected chi connectivity index (χ1v) is 9.99. The van der Waals surface area contributed by atoms with Crippen molar-refractivity contribution in [3.05, 3.63) is 35.4 Å². The fourth-order valence-electron chi connectivity index (χ4n) is 5.11. The van der Waals surface area contributed by atoms with Gasteiger partial charge in [0.05, 0.1) is 0 Å². The molecule has 0 bridgehead atoms. The summed E-state index contributed by atoms with van der Waals surface area (Å²) in [6.45, 7) is 3.95. The highest BCUT2D eigenvalue weighted by Crippen LogP contribution is 2.37. The molecule has 2 aliphatic heterocycles. The Morgan fingerprint density at radius 3 is 2.52 bits per heavy atom. The fourth-order valence-corrected chi connectivity index (χ4v) is 5.11. The Hall–Kier alpha value is -1.39. The van der Waals surface area contributed by atoms with Gasteiger partial charge in [-0.2, -0.15) is 0 Å². The van der Waals surface area contributed by atoms with Crippen molar-refractivity contribution >= 4 is 5.91 Å². The van der Waals surface area contributed by atoms with Gasteiger partial charge in [0.25, 0.3) is 0 Å². The number of likely N-dealkylation sites (N-methyl/N-ethyl adjacent to an activating group) is 1. The first kappa shape index (κ1) is 17.0. The van der Waals surface area contributed by atoms with Crippen LogP contribution in [0.5, 0.6) is 0 Å². The van der Waals surface area contributed by atoms with Crippen LogP contribution in [0.3, 0.4) is 0 Å². The van der Waals surface area contributed by atoms with Crippen molar-refractivity contribution in [2.45, 2.75) is 63.1 Å². The van der Waals surface area contributed by atoms with E-state index in [1.807, 2.05) is 0 Å². The van der Waals surface area contributed by atoms with Gasteiger partial charge in [0, 0.05) is 19.1 Å². The van der Waals surface area contributed by atoms with E-state index < -0.39 is 0 Å². The average molecular weight is 341 g/mol. The Morgan fingerprint density at radius 1 is 1.12 bits per heavy atom. The number of nitrogens with one attached hydrogen (secondary N) is 1. The van der Waals surface area contributed by atoms with Crippen LogP contribution in [0.15, 0.2) is 24.3 Å². The number of hydrogen-bond acceptors (Lipinski definition) is 3. The molecule has 136 valence electrons. The van der Waals surface area contributed by atoms with Gasteiger partial charge >= 0.3 is 0 Å². The summed E-state index contributed by atoms with van der Waals surface area (Å²) in [4.78, 5) is 18.0. The lowest BCUT2D eigenvalue weighted by Crippen LogP contribution is -2.58. The van der Waals surface area contributed by atoms with Gasteiger partial charge in [0.15, 0.2) is 0 Å². The first-order chi connectivity index (χ1) is 12.2. The highest BCUT2D eigenvalue weighted by Gasteiger charge is 2.46. The van der Waals surface area contributed by atoms with Crippen LogP contribution < -0.4 is 5.32 Å². The number of rotatable bonds is 4. The molecule has 25 heavy (non-hydrogen) atoms. The van der Waals surface area contributed by atoms with Gasteiger partial charge in [-0.15, -0.1) is 0 Å². The summed E-state index contributed by atoms with van der Waals surface area (Å²) >= 11 is 0. The Labute approximate surface area is 151 Å². The molecule has 1 aliphatic carbocycles. The molecular weight excluding hydrogens is 310 g/mol. The van der Waals surface area contributed by atoms with Crippen molar-refractivity contribution < 1.29 is 4.79 Å². The Balaban J connectivity index is 1.41. The molecule has 0 radical (unpaired) electrons. The number of carbonyl (C=O) groups excluding carboxylic acids is 1. The van der Waals surface area contributed by atoms with Crippen molar-refractivity contribution in [1.82, 2.24) is 15.1 Å². The third kappa shape index (κ3) is 3.22. The molecule has 1 aromatic rings. The number of fused-ring (bicyclic) bond motifs is 1. The maximum atomic E-state index is 13.2. The predicted molar refractivity (Wildman–Crippen MR) is 100 cm³/mol. The summed E-state index contributed by atoms with van der Waals surface area (Å²) < 4.78 is 0. The Morgan fingerprint density at radius 2 is 1.80 bits per heavy atom. The van der Waals surface area contributed by atoms with E-state index >= 15 is 0 Å². The fraction of sp³-hybridized carbons (Fsp3) is 0.667. The lowest BCUT2D eigenvalue weighted by atomic mass is 9.92. The number of hydrogen-bond donors (Lipinski definition) is 1. The van der Waals surface area contributed by atoms with Crippen molar-refractivity contribution in [2.75, 3.05) is 26.7 Å². The number of amides is 1. The van der Waals surface area contributed by atoms with E-state index in [0.717, 1.165) is 45.4 Å². The molecule has 1 saturated heterocycles. The van der Waals surface area contributed by atoms with Crippen LogP contribution in [0, 0.1) is 0 Å². The second kappa shape index (κ2) is 7.08. The van der Waals surface area contributed by atoms with Crippen LogP contribution in [-0.4, -0.2) is 54.0 Å². The molecule has 3 aliphatic rings. The normalized spacial score (nSPS) is 26.5. The van der Waals surface area contributed by atoms with E-state index in [1.54, 1.807) is 0 Å². The zero-order chi connectivity index (χ0) is 17.3. The van der Waals surface area contributed by atoms with E-state index in [-0.39, 0.29) is 5.54 Å². The minimum Gasteiger partial charge on any atom is -0.353 e. The SMILES string of the molecule is CN1Cc2ccccc2CC1CNC(=O)C1(N2CCCC2)CCCC1. The van der Waals surface area contributed by atoms with Crippen LogP contribution >= 0.6 is 0 Å². The maximum absolute atomic E-state index is 13.2. The van der Waals surface area contributed by atoms with Crippen molar-refractivity contribution in [3.8, 4) is 0 Å². The van der Waals surface area contributed by atoms with Gasteiger partial charge < -0.3 is 5.32 Å². The molecular formula is C21H31N3O. The van der Waals surface area contributed by atoms with Gasteiger partial charge in [-0.05, 0) is 63.4 Å². The van der Waals surface area contributed by atoms with E-state index in [9.17, 15) is 4.79 Å². The van der Waals surface area contributed by atoms with Crippen molar-refractivity contribution in [1.29, 1.82) is 0 Å². The summed E-state index contributed by atoms with van der Waals surface area (Å²) in [5.41, 5.74) is 2.66. The summed E-state index contributed by atoms with van der Waals surface area (Å²) in [7, 11) is 2.18. The number of nitrogens with zero attached hydrogens (tertiary/aromatic N) is 2. The second-order valence-corrected chi connectivity index (χ2v) is 8.18. The zero-order valence-corrected chi connectivity index (χ0v) is 15.5. The summed E-state index contributed by atoms with van der Waals surface area (Å²) in [5.74, 6) is 0.291. The van der Waals surface area contributed by atoms with Crippen LogP contribution in [0.1, 0.15) is 49.7 Å². The number of carbonyl (C=O) groups is 1. The Bertz CT molecular complexity index is 617. The molecule has 4 heteroatoms. The molecule has 1 amide bonds. The Kier molecular flexibility index (Phi) is 4.83. The first-order valence-electron chi connectivity index (χ1n) is 9.99. The third-order valence-electron chi connectivity index (χ3n) is 6.68. The van der Waals surface area contributed by atoms with Crippen molar-refractivity contribution in [3.63, 3.8) is 0 Å². The number of benzene rings is 1. The molecule has 1 aromatic carbocycles. The summed E-state index contributed by atoms with van der Waals surface area (Å²) in [6.07, 6.45) is 8.00. The van der Waals surface area contributed by atoms with Gasteiger partial charge in [-0.25, -0.2) is 0 Å². The van der Waals surface area contributed by atoms with E-state index in [2.05, 4.69) is 46.4 Å². The molecule has 4 nitrogen and oxygen atoms in total. The molecule has 2 fully saturated rings. The molecule has 1 saturated carbocycles. The van der Waals surface area contributed by atoms with Crippen LogP contribution in [0.25, 0.3) is 0 Å². The lowest BCUT2D eigenvalue weighted by molar-refractivity contribution is -0.133. The maximum Gasteiger partial charge on any atom is 0.240 e. The summed E-state index contributed by atoms with van der Waals surface area (Å²) in [5, 5.41) is 3.35. The molecule has 0 spiro atoms. The third-order valence-corrected chi connectivity index (χ3v) is 6.68. The smallest absolute Gasteiger partial charge is 0.240 e. The topological polar surface area (TPSA) is 35.6 Å². The van der Waals surface area contributed by atoms with Crippen LogP contribution in [0.2, 0.25) is 0 Å². The van der Waals surface area contributed by atoms with Crippen LogP contribution in [-0.2, 0) is 17.8 Å². The van der Waals surface area contributed by atoms with Gasteiger partial charge in [0.1, 0.15) is 5.54 Å². The average Bonchev–Trinajstić information content (AvgIpc) is 3.31. The molecule has 4 rings (SSSR count).